The molecule has 0 aromatic carbocycles. The Labute approximate surface area is 139 Å². The standard InChI is InChI=1S/C17H30N6/c1-5-17(3)8-9-22(12-17)16(18-4)19-10-14-6-7-15-21-20-13(2)23(15)11-14/h14H,5-12H2,1-4H3,(H,18,19). The predicted molar refractivity (Wildman–Crippen MR) is 92.5 cm³/mol. The van der Waals surface area contributed by atoms with E-state index in [-0.39, 0.29) is 0 Å². The molecule has 2 unspecified atom stereocenters. The molecule has 1 fully saturated rings. The summed E-state index contributed by atoms with van der Waals surface area (Å²) in [5.41, 5.74) is 0.441. The number of guanidine groups is 1. The Morgan fingerprint density at radius 2 is 2.26 bits per heavy atom. The van der Waals surface area contributed by atoms with Crippen LogP contribution in [0, 0.1) is 18.3 Å². The molecule has 23 heavy (non-hydrogen) atoms. The largest absolute Gasteiger partial charge is 0.356 e. The lowest BCUT2D eigenvalue weighted by atomic mass is 9.87. The van der Waals surface area contributed by atoms with Gasteiger partial charge in [0.05, 0.1) is 0 Å². The first-order valence-corrected chi connectivity index (χ1v) is 8.89. The molecule has 2 atom stereocenters. The van der Waals surface area contributed by atoms with Gasteiger partial charge in [0.25, 0.3) is 0 Å². The second kappa shape index (κ2) is 6.49. The first kappa shape index (κ1) is 16.3. The van der Waals surface area contributed by atoms with Crippen LogP contribution in [0.4, 0.5) is 0 Å². The van der Waals surface area contributed by atoms with Gasteiger partial charge >= 0.3 is 0 Å². The number of fused-ring (bicyclic) bond motifs is 1. The van der Waals surface area contributed by atoms with Gasteiger partial charge in [-0.15, -0.1) is 10.2 Å². The Morgan fingerprint density at radius 1 is 1.43 bits per heavy atom. The lowest BCUT2D eigenvalue weighted by Gasteiger charge is -2.28. The molecule has 1 saturated heterocycles. The minimum atomic E-state index is 0.441. The van der Waals surface area contributed by atoms with Gasteiger partial charge < -0.3 is 14.8 Å². The molecule has 128 valence electrons. The molecule has 1 aromatic heterocycles. The molecule has 0 radical (unpaired) electrons. The Bertz CT molecular complexity index is 578. The zero-order valence-corrected chi connectivity index (χ0v) is 15.0. The number of aromatic nitrogens is 3. The highest BCUT2D eigenvalue weighted by molar-refractivity contribution is 5.80. The van der Waals surface area contributed by atoms with Gasteiger partial charge in [-0.2, -0.15) is 0 Å². The summed E-state index contributed by atoms with van der Waals surface area (Å²) in [5.74, 6) is 3.86. The first-order valence-electron chi connectivity index (χ1n) is 8.89. The molecule has 0 amide bonds. The van der Waals surface area contributed by atoms with Crippen molar-refractivity contribution in [2.75, 3.05) is 26.7 Å². The molecule has 1 aromatic rings. The van der Waals surface area contributed by atoms with Crippen LogP contribution in [0.5, 0.6) is 0 Å². The average molecular weight is 318 g/mol. The van der Waals surface area contributed by atoms with Crippen molar-refractivity contribution < 1.29 is 0 Å². The van der Waals surface area contributed by atoms with E-state index in [4.69, 9.17) is 0 Å². The van der Waals surface area contributed by atoms with E-state index in [1.165, 1.54) is 19.3 Å². The molecular formula is C17H30N6. The number of likely N-dealkylation sites (tertiary alicyclic amines) is 1. The van der Waals surface area contributed by atoms with Crippen LogP contribution in [0.2, 0.25) is 0 Å². The molecule has 2 aliphatic rings. The van der Waals surface area contributed by atoms with Crippen LogP contribution in [0.3, 0.4) is 0 Å². The summed E-state index contributed by atoms with van der Waals surface area (Å²) < 4.78 is 2.27. The fraction of sp³-hybridized carbons (Fsp3) is 0.824. The fourth-order valence-electron chi connectivity index (χ4n) is 3.76. The number of hydrogen-bond acceptors (Lipinski definition) is 3. The number of aryl methyl sites for hydroxylation is 2. The summed E-state index contributed by atoms with van der Waals surface area (Å²) in [4.78, 5) is 6.92. The smallest absolute Gasteiger partial charge is 0.193 e. The van der Waals surface area contributed by atoms with Crippen molar-refractivity contribution in [3.05, 3.63) is 11.6 Å². The summed E-state index contributed by atoms with van der Waals surface area (Å²) in [6, 6.07) is 0. The van der Waals surface area contributed by atoms with E-state index in [0.717, 1.165) is 50.2 Å². The molecule has 3 heterocycles. The number of nitrogens with one attached hydrogen (secondary N) is 1. The maximum atomic E-state index is 4.51. The van der Waals surface area contributed by atoms with Crippen molar-refractivity contribution in [1.29, 1.82) is 0 Å². The third-order valence-electron chi connectivity index (χ3n) is 5.70. The van der Waals surface area contributed by atoms with Crippen LogP contribution in [0.15, 0.2) is 4.99 Å². The summed E-state index contributed by atoms with van der Waals surface area (Å²) >= 11 is 0. The number of hydrogen-bond donors (Lipinski definition) is 1. The van der Waals surface area contributed by atoms with Crippen molar-refractivity contribution in [3.63, 3.8) is 0 Å². The number of nitrogens with zero attached hydrogens (tertiary/aromatic N) is 5. The van der Waals surface area contributed by atoms with Gasteiger partial charge in [-0.25, -0.2) is 0 Å². The van der Waals surface area contributed by atoms with E-state index in [1.54, 1.807) is 0 Å². The second-order valence-electron chi connectivity index (χ2n) is 7.44. The van der Waals surface area contributed by atoms with E-state index in [1.807, 2.05) is 14.0 Å². The van der Waals surface area contributed by atoms with Crippen LogP contribution in [-0.4, -0.2) is 52.3 Å². The van der Waals surface area contributed by atoms with Crippen LogP contribution in [0.25, 0.3) is 0 Å². The lowest BCUT2D eigenvalue weighted by Crippen LogP contribution is -2.43. The quantitative estimate of drug-likeness (QED) is 0.682. The summed E-state index contributed by atoms with van der Waals surface area (Å²) in [6.07, 6.45) is 4.70. The Balaban J connectivity index is 1.55. The Hall–Kier alpha value is -1.59. The summed E-state index contributed by atoms with van der Waals surface area (Å²) in [7, 11) is 1.90. The van der Waals surface area contributed by atoms with Crippen LogP contribution in [-0.2, 0) is 13.0 Å². The highest BCUT2D eigenvalue weighted by Crippen LogP contribution is 2.32. The number of rotatable bonds is 3. The van der Waals surface area contributed by atoms with Crippen molar-refractivity contribution >= 4 is 5.96 Å². The molecule has 0 saturated carbocycles. The van der Waals surface area contributed by atoms with Gasteiger partial charge in [-0.3, -0.25) is 4.99 Å². The monoisotopic (exact) mass is 318 g/mol. The van der Waals surface area contributed by atoms with Gasteiger partial charge in [-0.1, -0.05) is 13.8 Å². The number of aliphatic imine (C=N–C) groups is 1. The van der Waals surface area contributed by atoms with E-state index < -0.39 is 0 Å². The van der Waals surface area contributed by atoms with E-state index in [9.17, 15) is 0 Å². The third kappa shape index (κ3) is 3.35. The highest BCUT2D eigenvalue weighted by Gasteiger charge is 2.33. The zero-order chi connectivity index (χ0) is 16.4. The maximum absolute atomic E-state index is 4.51. The second-order valence-corrected chi connectivity index (χ2v) is 7.44. The fourth-order valence-corrected chi connectivity index (χ4v) is 3.76. The van der Waals surface area contributed by atoms with Crippen molar-refractivity contribution in [3.8, 4) is 0 Å². The minimum Gasteiger partial charge on any atom is -0.356 e. The van der Waals surface area contributed by atoms with Crippen molar-refractivity contribution in [1.82, 2.24) is 25.0 Å². The molecule has 3 rings (SSSR count). The molecule has 2 aliphatic heterocycles. The van der Waals surface area contributed by atoms with Gasteiger partial charge in [0, 0.05) is 39.6 Å². The molecule has 6 nitrogen and oxygen atoms in total. The van der Waals surface area contributed by atoms with Crippen molar-refractivity contribution in [2.24, 2.45) is 16.3 Å². The van der Waals surface area contributed by atoms with Crippen LogP contribution >= 0.6 is 0 Å². The van der Waals surface area contributed by atoms with Gasteiger partial charge in [0.1, 0.15) is 11.6 Å². The lowest BCUT2D eigenvalue weighted by molar-refractivity contribution is 0.317. The first-order chi connectivity index (χ1) is 11.0. The predicted octanol–water partition coefficient (Wildman–Crippen LogP) is 1.85. The molecule has 0 aliphatic carbocycles. The zero-order valence-electron chi connectivity index (χ0n) is 15.0. The molecule has 0 bridgehead atoms. The molecule has 6 heteroatoms. The van der Waals surface area contributed by atoms with Gasteiger partial charge in [0.2, 0.25) is 0 Å². The van der Waals surface area contributed by atoms with Gasteiger partial charge in [0.15, 0.2) is 5.96 Å². The third-order valence-corrected chi connectivity index (χ3v) is 5.70. The highest BCUT2D eigenvalue weighted by atomic mass is 15.3. The molecular weight excluding hydrogens is 288 g/mol. The van der Waals surface area contributed by atoms with Crippen LogP contribution in [0.1, 0.15) is 44.8 Å². The van der Waals surface area contributed by atoms with Crippen LogP contribution < -0.4 is 5.32 Å². The van der Waals surface area contributed by atoms with E-state index >= 15 is 0 Å². The topological polar surface area (TPSA) is 58.3 Å². The minimum absolute atomic E-state index is 0.441. The maximum Gasteiger partial charge on any atom is 0.193 e. The Kier molecular flexibility index (Phi) is 4.60. The van der Waals surface area contributed by atoms with Crippen molar-refractivity contribution in [2.45, 2.75) is 53.0 Å². The van der Waals surface area contributed by atoms with E-state index in [2.05, 4.69) is 43.8 Å². The normalized spacial score (nSPS) is 28.1. The molecule has 0 spiro atoms. The molecule has 1 N–H and O–H groups in total. The average Bonchev–Trinajstić information content (AvgIpc) is 3.13. The SMILES string of the molecule is CCC1(C)CCN(C(=NC)NCC2CCc3nnc(C)n3C2)C1. The van der Waals surface area contributed by atoms with E-state index in [0.29, 0.717) is 11.3 Å². The Morgan fingerprint density at radius 3 is 2.96 bits per heavy atom. The van der Waals surface area contributed by atoms with Gasteiger partial charge in [-0.05, 0) is 37.5 Å². The summed E-state index contributed by atoms with van der Waals surface area (Å²) in [5, 5.41) is 12.1. The summed E-state index contributed by atoms with van der Waals surface area (Å²) in [6.45, 7) is 10.9.